The summed E-state index contributed by atoms with van der Waals surface area (Å²) in [7, 11) is 3.93. The Morgan fingerprint density at radius 2 is 2.12 bits per heavy atom. The van der Waals surface area contributed by atoms with Crippen LogP contribution in [0.25, 0.3) is 0 Å². The van der Waals surface area contributed by atoms with Crippen LogP contribution in [0.15, 0.2) is 24.5 Å². The van der Waals surface area contributed by atoms with Crippen molar-refractivity contribution in [2.75, 3.05) is 25.5 Å². The first-order valence-corrected chi connectivity index (χ1v) is 8.96. The number of fused-ring (bicyclic) bond motifs is 1. The van der Waals surface area contributed by atoms with E-state index in [2.05, 4.69) is 9.97 Å². The van der Waals surface area contributed by atoms with Crippen LogP contribution < -0.4 is 9.64 Å². The fourth-order valence-corrected chi connectivity index (χ4v) is 3.38. The van der Waals surface area contributed by atoms with Gasteiger partial charge in [-0.1, -0.05) is 11.6 Å². The molecular weight excluding hydrogens is 352 g/mol. The first-order valence-electron chi connectivity index (χ1n) is 8.58. The number of carbonyl (C=O) groups excluding carboxylic acids is 1. The van der Waals surface area contributed by atoms with Crippen molar-refractivity contribution < 1.29 is 9.53 Å². The lowest BCUT2D eigenvalue weighted by atomic mass is 10.0. The summed E-state index contributed by atoms with van der Waals surface area (Å²) in [5, 5.41) is 0.651. The van der Waals surface area contributed by atoms with Crippen LogP contribution in [0.2, 0.25) is 5.02 Å². The Bertz CT molecular complexity index is 825. The first-order chi connectivity index (χ1) is 12.4. The molecule has 0 spiro atoms. The first kappa shape index (κ1) is 18.5. The summed E-state index contributed by atoms with van der Waals surface area (Å²) in [5.41, 5.74) is 2.92. The maximum absolute atomic E-state index is 12.8. The lowest BCUT2D eigenvalue weighted by Crippen LogP contribution is -2.43. The molecule has 2 aromatic rings. The molecule has 1 aliphatic rings. The smallest absolute Gasteiger partial charge is 0.263 e. The van der Waals surface area contributed by atoms with Crippen LogP contribution in [0.5, 0.6) is 5.75 Å². The van der Waals surface area contributed by atoms with E-state index in [0.29, 0.717) is 23.9 Å². The van der Waals surface area contributed by atoms with Gasteiger partial charge in [-0.3, -0.25) is 4.79 Å². The zero-order chi connectivity index (χ0) is 18.8. The molecule has 0 saturated heterocycles. The van der Waals surface area contributed by atoms with E-state index >= 15 is 0 Å². The topological polar surface area (TPSA) is 58.6 Å². The summed E-state index contributed by atoms with van der Waals surface area (Å²) < 4.78 is 5.87. The maximum Gasteiger partial charge on any atom is 0.263 e. The van der Waals surface area contributed by atoms with E-state index in [9.17, 15) is 4.79 Å². The number of carbonyl (C=O) groups is 1. The van der Waals surface area contributed by atoms with Crippen molar-refractivity contribution in [1.82, 2.24) is 14.9 Å². The second kappa shape index (κ2) is 7.50. The number of ether oxygens (including phenoxy) is 1. The summed E-state index contributed by atoms with van der Waals surface area (Å²) in [6.07, 6.45) is 1.72. The van der Waals surface area contributed by atoms with Gasteiger partial charge in [0.1, 0.15) is 17.9 Å². The quantitative estimate of drug-likeness (QED) is 0.823. The van der Waals surface area contributed by atoms with Gasteiger partial charge in [-0.15, -0.1) is 0 Å². The third-order valence-electron chi connectivity index (χ3n) is 4.51. The minimum absolute atomic E-state index is 0.0463. The van der Waals surface area contributed by atoms with Crippen LogP contribution in [-0.4, -0.2) is 47.5 Å². The highest BCUT2D eigenvalue weighted by atomic mass is 35.5. The van der Waals surface area contributed by atoms with E-state index < -0.39 is 6.10 Å². The molecular formula is C19H23ClN4O2. The molecule has 7 heteroatoms. The lowest BCUT2D eigenvalue weighted by Gasteiger charge is -2.31. The Balaban J connectivity index is 1.72. The van der Waals surface area contributed by atoms with Gasteiger partial charge in [-0.25, -0.2) is 9.97 Å². The number of anilines is 1. The van der Waals surface area contributed by atoms with Gasteiger partial charge in [0.2, 0.25) is 0 Å². The van der Waals surface area contributed by atoms with Crippen LogP contribution >= 0.6 is 11.6 Å². The Hall–Kier alpha value is -2.34. The normalized spacial score (nSPS) is 14.6. The van der Waals surface area contributed by atoms with Crippen molar-refractivity contribution in [3.05, 3.63) is 46.4 Å². The zero-order valence-electron chi connectivity index (χ0n) is 15.5. The van der Waals surface area contributed by atoms with Gasteiger partial charge in [0.25, 0.3) is 5.91 Å². The predicted molar refractivity (Wildman–Crippen MR) is 102 cm³/mol. The largest absolute Gasteiger partial charge is 0.481 e. The fraction of sp³-hybridized carbons (Fsp3) is 0.421. The molecule has 0 aliphatic carbocycles. The minimum Gasteiger partial charge on any atom is -0.481 e. The Labute approximate surface area is 158 Å². The number of halogens is 1. The third-order valence-corrected chi connectivity index (χ3v) is 4.74. The molecule has 26 heavy (non-hydrogen) atoms. The molecule has 1 aromatic heterocycles. The fourth-order valence-electron chi connectivity index (χ4n) is 3.15. The van der Waals surface area contributed by atoms with E-state index in [1.54, 1.807) is 30.3 Å². The molecule has 6 nitrogen and oxygen atoms in total. The summed E-state index contributed by atoms with van der Waals surface area (Å²) in [4.78, 5) is 25.3. The van der Waals surface area contributed by atoms with Crippen molar-refractivity contribution >= 4 is 23.3 Å². The van der Waals surface area contributed by atoms with Crippen LogP contribution in [0.3, 0.4) is 0 Å². The molecule has 0 bridgehead atoms. The van der Waals surface area contributed by atoms with Crippen LogP contribution in [0.1, 0.15) is 23.7 Å². The van der Waals surface area contributed by atoms with Gasteiger partial charge < -0.3 is 14.5 Å². The Morgan fingerprint density at radius 3 is 2.81 bits per heavy atom. The third kappa shape index (κ3) is 3.75. The van der Waals surface area contributed by atoms with Crippen LogP contribution in [0, 0.1) is 6.92 Å². The molecule has 0 radical (unpaired) electrons. The highest BCUT2D eigenvalue weighted by Crippen LogP contribution is 2.26. The molecule has 1 aliphatic heterocycles. The number of rotatable bonds is 4. The average molecular weight is 375 g/mol. The van der Waals surface area contributed by atoms with Gasteiger partial charge in [0, 0.05) is 31.2 Å². The lowest BCUT2D eigenvalue weighted by molar-refractivity contribution is -0.139. The van der Waals surface area contributed by atoms with Gasteiger partial charge >= 0.3 is 0 Å². The summed E-state index contributed by atoms with van der Waals surface area (Å²) in [6.45, 7) is 4.80. The molecule has 1 aromatic carbocycles. The minimum atomic E-state index is -0.577. The summed E-state index contributed by atoms with van der Waals surface area (Å²) in [6, 6.07) is 5.38. The van der Waals surface area contributed by atoms with E-state index in [4.69, 9.17) is 16.3 Å². The number of aromatic nitrogens is 2. The molecule has 1 amide bonds. The number of nitrogens with zero attached hydrogens (tertiary/aromatic N) is 4. The van der Waals surface area contributed by atoms with Crippen molar-refractivity contribution in [2.24, 2.45) is 0 Å². The van der Waals surface area contributed by atoms with Crippen LogP contribution in [-0.2, 0) is 17.8 Å². The highest BCUT2D eigenvalue weighted by molar-refractivity contribution is 6.30. The van der Waals surface area contributed by atoms with Gasteiger partial charge in [0.15, 0.2) is 6.10 Å². The molecule has 0 fully saturated rings. The van der Waals surface area contributed by atoms with Crippen molar-refractivity contribution in [2.45, 2.75) is 32.9 Å². The standard InChI is InChI=1S/C19H23ClN4O2/c1-12-9-14(20)5-6-17(12)26-13(2)19(25)24-8-7-15-16(10-24)21-11-22-18(15)23(3)4/h5-6,9,11,13H,7-8,10H2,1-4H3. The van der Waals surface area contributed by atoms with E-state index in [0.717, 1.165) is 29.1 Å². The monoisotopic (exact) mass is 374 g/mol. The molecule has 1 atom stereocenters. The van der Waals surface area contributed by atoms with Gasteiger partial charge in [-0.2, -0.15) is 0 Å². The number of aryl methyl sites for hydroxylation is 1. The van der Waals surface area contributed by atoms with Gasteiger partial charge in [-0.05, 0) is 44.0 Å². The van der Waals surface area contributed by atoms with Crippen LogP contribution in [0.4, 0.5) is 5.82 Å². The summed E-state index contributed by atoms with van der Waals surface area (Å²) >= 11 is 5.97. The van der Waals surface area contributed by atoms with E-state index in [1.165, 1.54) is 0 Å². The SMILES string of the molecule is Cc1cc(Cl)ccc1OC(C)C(=O)N1CCc2c(ncnc2N(C)C)C1. The summed E-state index contributed by atoms with van der Waals surface area (Å²) in [5.74, 6) is 1.54. The number of benzene rings is 1. The van der Waals surface area contributed by atoms with Crippen molar-refractivity contribution in [1.29, 1.82) is 0 Å². The maximum atomic E-state index is 12.8. The molecule has 0 N–H and O–H groups in total. The number of hydrogen-bond acceptors (Lipinski definition) is 5. The average Bonchev–Trinajstić information content (AvgIpc) is 2.62. The second-order valence-electron chi connectivity index (χ2n) is 6.70. The molecule has 1 unspecified atom stereocenters. The Morgan fingerprint density at radius 1 is 1.35 bits per heavy atom. The molecule has 3 rings (SSSR count). The predicted octanol–water partition coefficient (Wildman–Crippen LogP) is 2.86. The van der Waals surface area contributed by atoms with Crippen molar-refractivity contribution in [3.63, 3.8) is 0 Å². The molecule has 2 heterocycles. The Kier molecular flexibility index (Phi) is 5.32. The van der Waals surface area contributed by atoms with Gasteiger partial charge in [0.05, 0.1) is 12.2 Å². The number of amides is 1. The number of hydrogen-bond donors (Lipinski definition) is 0. The zero-order valence-corrected chi connectivity index (χ0v) is 16.2. The molecule has 0 saturated carbocycles. The van der Waals surface area contributed by atoms with Crippen molar-refractivity contribution in [3.8, 4) is 5.75 Å². The van der Waals surface area contributed by atoms with E-state index in [1.807, 2.05) is 32.0 Å². The molecule has 138 valence electrons. The second-order valence-corrected chi connectivity index (χ2v) is 7.13. The van der Waals surface area contributed by atoms with E-state index in [-0.39, 0.29) is 5.91 Å². The highest BCUT2D eigenvalue weighted by Gasteiger charge is 2.28.